The van der Waals surface area contributed by atoms with E-state index in [1.54, 1.807) is 6.33 Å². The molecule has 0 unspecified atom stereocenters. The van der Waals surface area contributed by atoms with Gasteiger partial charge in [0.2, 0.25) is 0 Å². The van der Waals surface area contributed by atoms with Crippen LogP contribution in [-0.4, -0.2) is 30.6 Å². The van der Waals surface area contributed by atoms with E-state index in [1.165, 1.54) is 0 Å². The Labute approximate surface area is 79.0 Å². The summed E-state index contributed by atoms with van der Waals surface area (Å²) < 4.78 is 0. The molecule has 1 rings (SSSR count). The highest BCUT2D eigenvalue weighted by molar-refractivity contribution is 5.57. The fourth-order valence-electron chi connectivity index (χ4n) is 1.23. The molecule has 0 bridgehead atoms. The van der Waals surface area contributed by atoms with Crippen LogP contribution in [0, 0.1) is 6.92 Å². The van der Waals surface area contributed by atoms with Gasteiger partial charge in [0.15, 0.2) is 0 Å². The largest absolute Gasteiger partial charge is 0.373 e. The topological polar surface area (TPSA) is 41.1 Å². The maximum absolute atomic E-state index is 4.23. The highest BCUT2D eigenvalue weighted by Gasteiger charge is 2.07. The molecule has 0 saturated heterocycles. The maximum atomic E-state index is 4.23. The third-order valence-corrected chi connectivity index (χ3v) is 2.13. The molecule has 0 amide bonds. The van der Waals surface area contributed by atoms with Gasteiger partial charge in [0.05, 0.1) is 0 Å². The summed E-state index contributed by atoms with van der Waals surface area (Å²) in [5, 5.41) is 3.04. The number of anilines is 2. The Hall–Kier alpha value is -1.32. The molecule has 1 aromatic rings. The van der Waals surface area contributed by atoms with Crippen LogP contribution in [0.3, 0.4) is 0 Å². The number of hydrogen-bond acceptors (Lipinski definition) is 4. The van der Waals surface area contributed by atoms with Crippen LogP contribution in [0.4, 0.5) is 11.6 Å². The fraction of sp³-hybridized carbons (Fsp3) is 0.556. The van der Waals surface area contributed by atoms with Crippen LogP contribution in [0.25, 0.3) is 0 Å². The number of aromatic nitrogens is 2. The third kappa shape index (κ3) is 1.88. The lowest BCUT2D eigenvalue weighted by molar-refractivity contribution is 0.918. The molecule has 1 heterocycles. The Bertz CT molecular complexity index is 285. The lowest BCUT2D eigenvalue weighted by Gasteiger charge is -2.18. The molecule has 0 fully saturated rings. The predicted molar refractivity (Wildman–Crippen MR) is 55.3 cm³/mol. The lowest BCUT2D eigenvalue weighted by atomic mass is 10.3. The van der Waals surface area contributed by atoms with Crippen molar-refractivity contribution in [2.45, 2.75) is 13.8 Å². The summed E-state index contributed by atoms with van der Waals surface area (Å²) >= 11 is 0. The summed E-state index contributed by atoms with van der Waals surface area (Å²) in [5.74, 6) is 1.88. The molecular formula is C9H16N4. The Morgan fingerprint density at radius 1 is 1.46 bits per heavy atom. The van der Waals surface area contributed by atoms with E-state index in [9.17, 15) is 0 Å². The minimum Gasteiger partial charge on any atom is -0.373 e. The van der Waals surface area contributed by atoms with E-state index in [-0.39, 0.29) is 0 Å². The zero-order valence-corrected chi connectivity index (χ0v) is 8.63. The Morgan fingerprint density at radius 2 is 2.15 bits per heavy atom. The van der Waals surface area contributed by atoms with Gasteiger partial charge in [-0.25, -0.2) is 9.97 Å². The van der Waals surface area contributed by atoms with Gasteiger partial charge in [0.1, 0.15) is 18.0 Å². The average Bonchev–Trinajstić information content (AvgIpc) is 2.17. The number of rotatable bonds is 3. The molecule has 0 aliphatic carbocycles. The molecule has 0 radical (unpaired) electrons. The molecule has 1 N–H and O–H groups in total. The van der Waals surface area contributed by atoms with Gasteiger partial charge in [-0.15, -0.1) is 0 Å². The second-order valence-corrected chi connectivity index (χ2v) is 2.94. The second kappa shape index (κ2) is 4.07. The molecule has 0 atom stereocenters. The number of nitrogens with zero attached hydrogens (tertiary/aromatic N) is 3. The zero-order valence-electron chi connectivity index (χ0n) is 8.63. The smallest absolute Gasteiger partial charge is 0.136 e. The summed E-state index contributed by atoms with van der Waals surface area (Å²) in [5.41, 5.74) is 1.09. The molecule has 1 aromatic heterocycles. The van der Waals surface area contributed by atoms with Gasteiger partial charge in [-0.3, -0.25) is 0 Å². The first-order valence-electron chi connectivity index (χ1n) is 4.41. The summed E-state index contributed by atoms with van der Waals surface area (Å²) in [6.07, 6.45) is 1.58. The first-order chi connectivity index (χ1) is 6.20. The van der Waals surface area contributed by atoms with Crippen molar-refractivity contribution in [1.82, 2.24) is 9.97 Å². The number of nitrogens with one attached hydrogen (secondary N) is 1. The van der Waals surface area contributed by atoms with E-state index in [0.717, 1.165) is 23.7 Å². The summed E-state index contributed by atoms with van der Waals surface area (Å²) in [6.45, 7) is 5.06. The molecule has 4 heteroatoms. The maximum Gasteiger partial charge on any atom is 0.136 e. The third-order valence-electron chi connectivity index (χ3n) is 2.13. The predicted octanol–water partition coefficient (Wildman–Crippen LogP) is 1.28. The molecule has 4 nitrogen and oxygen atoms in total. The Kier molecular flexibility index (Phi) is 3.06. The van der Waals surface area contributed by atoms with Crippen LogP contribution in [0.2, 0.25) is 0 Å². The van der Waals surface area contributed by atoms with Crippen molar-refractivity contribution in [1.29, 1.82) is 0 Å². The summed E-state index contributed by atoms with van der Waals surface area (Å²) in [4.78, 5) is 10.5. The molecule has 0 spiro atoms. The SMILES string of the molecule is CCN(C)c1ncnc(NC)c1C. The standard InChI is InChI=1S/C9H16N4/c1-5-13(4)9-7(2)8(10-3)11-6-12-9/h6H,5H2,1-4H3,(H,10,11,12). The van der Waals surface area contributed by atoms with Crippen molar-refractivity contribution < 1.29 is 0 Å². The molecule has 13 heavy (non-hydrogen) atoms. The minimum atomic E-state index is 0.894. The molecule has 0 aliphatic heterocycles. The van der Waals surface area contributed by atoms with Crippen LogP contribution in [0.5, 0.6) is 0 Å². The van der Waals surface area contributed by atoms with Gasteiger partial charge in [0, 0.05) is 26.2 Å². The summed E-state index contributed by atoms with van der Waals surface area (Å²) in [7, 11) is 3.89. The van der Waals surface area contributed by atoms with E-state index in [2.05, 4.69) is 27.1 Å². The van der Waals surface area contributed by atoms with E-state index >= 15 is 0 Å². The van der Waals surface area contributed by atoms with Crippen molar-refractivity contribution >= 4 is 11.6 Å². The minimum absolute atomic E-state index is 0.894. The highest BCUT2D eigenvalue weighted by atomic mass is 15.2. The van der Waals surface area contributed by atoms with Gasteiger partial charge in [-0.1, -0.05) is 0 Å². The molecule has 72 valence electrons. The van der Waals surface area contributed by atoms with E-state index in [0.29, 0.717) is 0 Å². The van der Waals surface area contributed by atoms with Crippen LogP contribution < -0.4 is 10.2 Å². The highest BCUT2D eigenvalue weighted by Crippen LogP contribution is 2.19. The van der Waals surface area contributed by atoms with E-state index in [4.69, 9.17) is 0 Å². The van der Waals surface area contributed by atoms with E-state index < -0.39 is 0 Å². The summed E-state index contributed by atoms with van der Waals surface area (Å²) in [6, 6.07) is 0. The van der Waals surface area contributed by atoms with Crippen LogP contribution in [0.1, 0.15) is 12.5 Å². The first-order valence-corrected chi connectivity index (χ1v) is 4.41. The molecule has 0 aromatic carbocycles. The molecular weight excluding hydrogens is 164 g/mol. The Balaban J connectivity index is 3.08. The Morgan fingerprint density at radius 3 is 2.69 bits per heavy atom. The van der Waals surface area contributed by atoms with Crippen LogP contribution in [0.15, 0.2) is 6.33 Å². The normalized spacial score (nSPS) is 9.85. The average molecular weight is 180 g/mol. The number of hydrogen-bond donors (Lipinski definition) is 1. The lowest BCUT2D eigenvalue weighted by Crippen LogP contribution is -2.19. The van der Waals surface area contributed by atoms with Crippen LogP contribution >= 0.6 is 0 Å². The van der Waals surface area contributed by atoms with Crippen molar-refractivity contribution in [2.24, 2.45) is 0 Å². The van der Waals surface area contributed by atoms with Crippen molar-refractivity contribution in [3.8, 4) is 0 Å². The van der Waals surface area contributed by atoms with Gasteiger partial charge in [0.25, 0.3) is 0 Å². The van der Waals surface area contributed by atoms with Crippen molar-refractivity contribution in [3.05, 3.63) is 11.9 Å². The van der Waals surface area contributed by atoms with Gasteiger partial charge < -0.3 is 10.2 Å². The molecule has 0 saturated carbocycles. The second-order valence-electron chi connectivity index (χ2n) is 2.94. The van der Waals surface area contributed by atoms with Crippen LogP contribution in [-0.2, 0) is 0 Å². The van der Waals surface area contributed by atoms with E-state index in [1.807, 2.05) is 21.0 Å². The van der Waals surface area contributed by atoms with Gasteiger partial charge in [-0.05, 0) is 13.8 Å². The first kappa shape index (κ1) is 9.77. The quantitative estimate of drug-likeness (QED) is 0.760. The fourth-order valence-corrected chi connectivity index (χ4v) is 1.23. The monoisotopic (exact) mass is 180 g/mol. The van der Waals surface area contributed by atoms with Gasteiger partial charge >= 0.3 is 0 Å². The van der Waals surface area contributed by atoms with Gasteiger partial charge in [-0.2, -0.15) is 0 Å². The van der Waals surface area contributed by atoms with Crippen molar-refractivity contribution in [3.63, 3.8) is 0 Å². The molecule has 0 aliphatic rings. The van der Waals surface area contributed by atoms with Crippen molar-refractivity contribution in [2.75, 3.05) is 30.9 Å². The zero-order chi connectivity index (χ0) is 9.84.